The highest BCUT2D eigenvalue weighted by Crippen LogP contribution is 2.26. The average Bonchev–Trinajstić information content (AvgIpc) is 2.41. The third-order valence-corrected chi connectivity index (χ3v) is 3.54. The fourth-order valence-electron chi connectivity index (χ4n) is 1.80. The predicted octanol–water partition coefficient (Wildman–Crippen LogP) is 3.44. The molecule has 0 bridgehead atoms. The first-order valence-electron chi connectivity index (χ1n) is 6.80. The lowest BCUT2D eigenvalue weighted by molar-refractivity contribution is 0.0527. The van der Waals surface area contributed by atoms with Crippen LogP contribution in [-0.4, -0.2) is 18.1 Å². The third-order valence-electron chi connectivity index (χ3n) is 3.54. The van der Waals surface area contributed by atoms with Crippen LogP contribution in [0.15, 0.2) is 18.2 Å². The molecule has 0 aliphatic rings. The zero-order chi connectivity index (χ0) is 14.5. The Morgan fingerprint density at radius 3 is 2.47 bits per heavy atom. The summed E-state index contributed by atoms with van der Waals surface area (Å²) in [6.07, 6.45) is 1.94. The molecule has 0 fully saturated rings. The van der Waals surface area contributed by atoms with Gasteiger partial charge in [0.15, 0.2) is 0 Å². The first-order chi connectivity index (χ1) is 8.95. The maximum Gasteiger partial charge on any atom is 0.340 e. The molecule has 19 heavy (non-hydrogen) atoms. The van der Waals surface area contributed by atoms with Crippen LogP contribution in [0.2, 0.25) is 0 Å². The van der Waals surface area contributed by atoms with Crippen molar-refractivity contribution in [3.63, 3.8) is 0 Å². The Hall–Kier alpha value is -1.71. The lowest BCUT2D eigenvalue weighted by atomic mass is 9.94. The number of nitrogen functional groups attached to an aromatic ring is 1. The van der Waals surface area contributed by atoms with Crippen molar-refractivity contribution < 1.29 is 9.53 Å². The number of hydrogen-bond acceptors (Lipinski definition) is 4. The molecule has 0 amide bonds. The van der Waals surface area contributed by atoms with E-state index >= 15 is 0 Å². The van der Waals surface area contributed by atoms with Crippen LogP contribution in [0.1, 0.15) is 50.9 Å². The molecule has 1 aromatic carbocycles. The quantitative estimate of drug-likeness (QED) is 0.610. The Morgan fingerprint density at radius 2 is 1.95 bits per heavy atom. The summed E-state index contributed by atoms with van der Waals surface area (Å²) in [4.78, 5) is 12.0. The van der Waals surface area contributed by atoms with Gasteiger partial charge in [-0.2, -0.15) is 0 Å². The molecular formula is C15H24N2O2. The number of benzene rings is 1. The second-order valence-electron chi connectivity index (χ2n) is 4.92. The molecule has 0 aliphatic carbocycles. The van der Waals surface area contributed by atoms with Gasteiger partial charge in [-0.15, -0.1) is 0 Å². The Balaban J connectivity index is 3.09. The monoisotopic (exact) mass is 264 g/mol. The molecule has 106 valence electrons. The van der Waals surface area contributed by atoms with E-state index in [1.165, 1.54) is 0 Å². The van der Waals surface area contributed by atoms with E-state index < -0.39 is 0 Å². The number of hydrogen-bond donors (Lipinski definition) is 2. The second-order valence-corrected chi connectivity index (χ2v) is 4.92. The first kappa shape index (κ1) is 15.3. The molecule has 0 saturated carbocycles. The van der Waals surface area contributed by atoms with Crippen molar-refractivity contribution in [1.82, 2.24) is 0 Å². The van der Waals surface area contributed by atoms with Gasteiger partial charge in [0.25, 0.3) is 0 Å². The maximum atomic E-state index is 12.0. The molecular weight excluding hydrogens is 240 g/mol. The summed E-state index contributed by atoms with van der Waals surface area (Å²) in [5, 5.41) is 3.43. The molecule has 1 rings (SSSR count). The highest BCUT2D eigenvalue weighted by molar-refractivity contribution is 5.96. The van der Waals surface area contributed by atoms with E-state index in [1.807, 2.05) is 6.07 Å². The molecule has 1 aromatic rings. The van der Waals surface area contributed by atoms with Gasteiger partial charge in [-0.1, -0.05) is 13.8 Å². The predicted molar refractivity (Wildman–Crippen MR) is 79.4 cm³/mol. The molecule has 0 aromatic heterocycles. The Bertz CT molecular complexity index is 440. The van der Waals surface area contributed by atoms with Gasteiger partial charge in [0, 0.05) is 16.9 Å². The van der Waals surface area contributed by atoms with Gasteiger partial charge in [-0.05, 0) is 44.9 Å². The van der Waals surface area contributed by atoms with E-state index in [1.54, 1.807) is 19.1 Å². The first-order valence-corrected chi connectivity index (χ1v) is 6.80. The summed E-state index contributed by atoms with van der Waals surface area (Å²) in [7, 11) is 0. The van der Waals surface area contributed by atoms with Crippen molar-refractivity contribution in [1.29, 1.82) is 0 Å². The number of carbonyl (C=O) groups is 1. The number of anilines is 2. The van der Waals surface area contributed by atoms with Gasteiger partial charge in [-0.25, -0.2) is 4.79 Å². The zero-order valence-corrected chi connectivity index (χ0v) is 12.2. The van der Waals surface area contributed by atoms with Crippen LogP contribution in [0.4, 0.5) is 11.4 Å². The molecule has 0 heterocycles. The van der Waals surface area contributed by atoms with Crippen molar-refractivity contribution in [2.75, 3.05) is 17.7 Å². The fraction of sp³-hybridized carbons (Fsp3) is 0.533. The standard InChI is InChI=1S/C15H24N2O2/c1-5-15(4,6-2)17-13-9-8-11(16)10-12(13)14(18)19-7-3/h8-10,17H,5-7,16H2,1-4H3. The summed E-state index contributed by atoms with van der Waals surface area (Å²) >= 11 is 0. The summed E-state index contributed by atoms with van der Waals surface area (Å²) < 4.78 is 5.07. The van der Waals surface area contributed by atoms with Crippen LogP contribution in [0.5, 0.6) is 0 Å². The topological polar surface area (TPSA) is 64.3 Å². The van der Waals surface area contributed by atoms with Gasteiger partial charge in [-0.3, -0.25) is 0 Å². The van der Waals surface area contributed by atoms with Crippen molar-refractivity contribution in [2.45, 2.75) is 46.1 Å². The van der Waals surface area contributed by atoms with Crippen LogP contribution in [0.3, 0.4) is 0 Å². The van der Waals surface area contributed by atoms with Crippen LogP contribution in [0.25, 0.3) is 0 Å². The average molecular weight is 264 g/mol. The highest BCUT2D eigenvalue weighted by Gasteiger charge is 2.22. The van der Waals surface area contributed by atoms with Gasteiger partial charge in [0.2, 0.25) is 0 Å². The lowest BCUT2D eigenvalue weighted by Gasteiger charge is -2.30. The van der Waals surface area contributed by atoms with Gasteiger partial charge in [0.05, 0.1) is 12.2 Å². The van der Waals surface area contributed by atoms with E-state index in [0.29, 0.717) is 17.9 Å². The zero-order valence-electron chi connectivity index (χ0n) is 12.2. The fourth-order valence-corrected chi connectivity index (χ4v) is 1.80. The van der Waals surface area contributed by atoms with Crippen molar-refractivity contribution in [3.05, 3.63) is 23.8 Å². The summed E-state index contributed by atoms with van der Waals surface area (Å²) in [5.74, 6) is -0.341. The van der Waals surface area contributed by atoms with E-state index in [0.717, 1.165) is 18.5 Å². The van der Waals surface area contributed by atoms with Crippen molar-refractivity contribution >= 4 is 17.3 Å². The number of ether oxygens (including phenoxy) is 1. The number of esters is 1. The molecule has 0 unspecified atom stereocenters. The summed E-state index contributed by atoms with van der Waals surface area (Å²) in [6.45, 7) is 8.53. The molecule has 0 radical (unpaired) electrons. The van der Waals surface area contributed by atoms with E-state index in [9.17, 15) is 4.79 Å². The second kappa shape index (κ2) is 6.45. The van der Waals surface area contributed by atoms with Crippen molar-refractivity contribution in [3.8, 4) is 0 Å². The molecule has 4 heteroatoms. The highest BCUT2D eigenvalue weighted by atomic mass is 16.5. The van der Waals surface area contributed by atoms with Gasteiger partial charge >= 0.3 is 5.97 Å². The van der Waals surface area contributed by atoms with Crippen LogP contribution < -0.4 is 11.1 Å². The Labute approximate surface area is 115 Å². The summed E-state index contributed by atoms with van der Waals surface area (Å²) in [5.41, 5.74) is 7.54. The van der Waals surface area contributed by atoms with Crippen LogP contribution in [0, 0.1) is 0 Å². The third kappa shape index (κ3) is 3.88. The van der Waals surface area contributed by atoms with E-state index in [-0.39, 0.29) is 11.5 Å². The van der Waals surface area contributed by atoms with Crippen LogP contribution >= 0.6 is 0 Å². The van der Waals surface area contributed by atoms with Gasteiger partial charge in [0.1, 0.15) is 0 Å². The number of nitrogens with two attached hydrogens (primary N) is 1. The molecule has 3 N–H and O–H groups in total. The number of carbonyl (C=O) groups excluding carboxylic acids is 1. The van der Waals surface area contributed by atoms with Crippen molar-refractivity contribution in [2.24, 2.45) is 0 Å². The summed E-state index contributed by atoms with van der Waals surface area (Å²) in [6, 6.07) is 5.29. The normalized spacial score (nSPS) is 11.2. The minimum absolute atomic E-state index is 0.0443. The Morgan fingerprint density at radius 1 is 1.32 bits per heavy atom. The maximum absolute atomic E-state index is 12.0. The Kier molecular flexibility index (Phi) is 5.21. The molecule has 0 aliphatic heterocycles. The minimum atomic E-state index is -0.341. The van der Waals surface area contributed by atoms with Crippen LogP contribution in [-0.2, 0) is 4.74 Å². The van der Waals surface area contributed by atoms with E-state index in [4.69, 9.17) is 10.5 Å². The smallest absolute Gasteiger partial charge is 0.340 e. The molecule has 0 saturated heterocycles. The van der Waals surface area contributed by atoms with E-state index in [2.05, 4.69) is 26.1 Å². The SMILES string of the molecule is CCOC(=O)c1cc(N)ccc1NC(C)(CC)CC. The number of rotatable bonds is 6. The molecule has 0 atom stereocenters. The number of nitrogens with one attached hydrogen (secondary N) is 1. The largest absolute Gasteiger partial charge is 0.462 e. The lowest BCUT2D eigenvalue weighted by Crippen LogP contribution is -2.33. The van der Waals surface area contributed by atoms with Gasteiger partial charge < -0.3 is 15.8 Å². The molecule has 4 nitrogen and oxygen atoms in total. The molecule has 0 spiro atoms. The minimum Gasteiger partial charge on any atom is -0.462 e.